The number of carbonyl (C=O) groups is 1. The fourth-order valence-corrected chi connectivity index (χ4v) is 2.47. The number of thiophene rings is 1. The molecule has 0 aliphatic carbocycles. The van der Waals surface area contributed by atoms with Crippen LogP contribution in [0.3, 0.4) is 0 Å². The molecule has 2 rings (SSSR count). The highest BCUT2D eigenvalue weighted by Crippen LogP contribution is 2.25. The molecule has 1 aromatic heterocycles. The zero-order valence-electron chi connectivity index (χ0n) is 10.5. The number of hydrogen-bond donors (Lipinski definition) is 2. The molecule has 0 aliphatic heterocycles. The summed E-state index contributed by atoms with van der Waals surface area (Å²) in [6, 6.07) is 8.00. The molecule has 0 radical (unpaired) electrons. The number of carbonyl (C=O) groups excluding carboxylic acids is 1. The van der Waals surface area contributed by atoms with E-state index in [1.807, 2.05) is 17.5 Å². The summed E-state index contributed by atoms with van der Waals surface area (Å²) in [5.41, 5.74) is 5.66. The van der Waals surface area contributed by atoms with Crippen LogP contribution in [-0.4, -0.2) is 17.4 Å². The number of nitro benzene ring substituents is 1. The van der Waals surface area contributed by atoms with Crippen molar-refractivity contribution in [2.45, 2.75) is 6.42 Å². The number of benzene rings is 1. The average molecular weight is 291 g/mol. The van der Waals surface area contributed by atoms with Crippen molar-refractivity contribution < 1.29 is 9.72 Å². The first-order valence-electron chi connectivity index (χ1n) is 5.92. The first-order chi connectivity index (χ1) is 9.58. The molecule has 0 saturated heterocycles. The zero-order valence-corrected chi connectivity index (χ0v) is 11.4. The Kier molecular flexibility index (Phi) is 4.31. The quantitative estimate of drug-likeness (QED) is 0.630. The number of nitrogens with one attached hydrogen (secondary N) is 1. The largest absolute Gasteiger partial charge is 0.379 e. The van der Waals surface area contributed by atoms with Crippen molar-refractivity contribution in [1.29, 1.82) is 0 Å². The van der Waals surface area contributed by atoms with Gasteiger partial charge < -0.3 is 11.1 Å². The van der Waals surface area contributed by atoms with Crippen molar-refractivity contribution in [1.82, 2.24) is 0 Å². The Morgan fingerprint density at radius 2 is 2.20 bits per heavy atom. The van der Waals surface area contributed by atoms with Gasteiger partial charge in [-0.25, -0.2) is 0 Å². The van der Waals surface area contributed by atoms with E-state index in [1.165, 1.54) is 23.1 Å². The van der Waals surface area contributed by atoms with E-state index in [4.69, 9.17) is 5.73 Å². The van der Waals surface area contributed by atoms with Crippen LogP contribution >= 0.6 is 11.3 Å². The van der Waals surface area contributed by atoms with Gasteiger partial charge in [-0.3, -0.25) is 14.9 Å². The molecule has 0 fully saturated rings. The third-order valence-corrected chi connectivity index (χ3v) is 3.68. The number of nitro groups is 1. The summed E-state index contributed by atoms with van der Waals surface area (Å²) >= 11 is 1.63. The zero-order chi connectivity index (χ0) is 14.5. The summed E-state index contributed by atoms with van der Waals surface area (Å²) < 4.78 is 0. The Bertz CT molecular complexity index is 626. The lowest BCUT2D eigenvalue weighted by Crippen LogP contribution is -2.13. The maximum absolute atomic E-state index is 11.1. The molecule has 0 atom stereocenters. The van der Waals surface area contributed by atoms with Gasteiger partial charge in [0.15, 0.2) is 0 Å². The number of nitrogens with zero attached hydrogens (tertiary/aromatic N) is 1. The van der Waals surface area contributed by atoms with Crippen LogP contribution in [0, 0.1) is 10.1 Å². The minimum absolute atomic E-state index is 0.0684. The molecule has 3 N–H and O–H groups in total. The molecule has 1 aromatic carbocycles. The predicted octanol–water partition coefficient (Wildman–Crippen LogP) is 2.41. The summed E-state index contributed by atoms with van der Waals surface area (Å²) in [6.45, 7) is 0.545. The number of amides is 1. The topological polar surface area (TPSA) is 98.3 Å². The van der Waals surface area contributed by atoms with Crippen LogP contribution in [0.2, 0.25) is 0 Å². The molecule has 7 heteroatoms. The van der Waals surface area contributed by atoms with Gasteiger partial charge in [-0.15, -0.1) is 11.3 Å². The van der Waals surface area contributed by atoms with E-state index in [0.717, 1.165) is 6.42 Å². The Morgan fingerprint density at radius 1 is 1.40 bits per heavy atom. The van der Waals surface area contributed by atoms with Crippen molar-refractivity contribution in [3.05, 3.63) is 56.3 Å². The predicted molar refractivity (Wildman–Crippen MR) is 78.1 cm³/mol. The standard InChI is InChI=1S/C13H13N3O3S/c14-13(17)9-3-4-12(16(18)19)11(8-9)15-6-5-10-2-1-7-20-10/h1-4,7-8,15H,5-6H2,(H2,14,17). The Hall–Kier alpha value is -2.41. The van der Waals surface area contributed by atoms with Crippen LogP contribution in [0.25, 0.3) is 0 Å². The third kappa shape index (κ3) is 3.33. The number of hydrogen-bond acceptors (Lipinski definition) is 5. The highest BCUT2D eigenvalue weighted by atomic mass is 32.1. The first kappa shape index (κ1) is 14.0. The van der Waals surface area contributed by atoms with Crippen molar-refractivity contribution in [3.63, 3.8) is 0 Å². The maximum Gasteiger partial charge on any atom is 0.292 e. The fourth-order valence-electron chi connectivity index (χ4n) is 1.77. The van der Waals surface area contributed by atoms with Crippen molar-refractivity contribution in [2.24, 2.45) is 5.73 Å². The van der Waals surface area contributed by atoms with Crippen LogP contribution in [-0.2, 0) is 6.42 Å². The van der Waals surface area contributed by atoms with Crippen LogP contribution in [0.1, 0.15) is 15.2 Å². The highest BCUT2D eigenvalue weighted by Gasteiger charge is 2.15. The normalized spacial score (nSPS) is 10.2. The molecule has 1 heterocycles. The fraction of sp³-hybridized carbons (Fsp3) is 0.154. The van der Waals surface area contributed by atoms with Gasteiger partial charge in [0.2, 0.25) is 5.91 Å². The number of primary amides is 1. The van der Waals surface area contributed by atoms with Gasteiger partial charge in [-0.1, -0.05) is 6.07 Å². The van der Waals surface area contributed by atoms with Gasteiger partial charge in [0, 0.05) is 23.1 Å². The second-order valence-corrected chi connectivity index (χ2v) is 5.14. The molecule has 20 heavy (non-hydrogen) atoms. The monoisotopic (exact) mass is 291 g/mol. The van der Waals surface area contributed by atoms with E-state index in [0.29, 0.717) is 12.2 Å². The summed E-state index contributed by atoms with van der Waals surface area (Å²) in [7, 11) is 0. The summed E-state index contributed by atoms with van der Waals surface area (Å²) in [5, 5.41) is 15.9. The maximum atomic E-state index is 11.1. The Balaban J connectivity index is 2.13. The molecule has 6 nitrogen and oxygen atoms in total. The highest BCUT2D eigenvalue weighted by molar-refractivity contribution is 7.09. The van der Waals surface area contributed by atoms with E-state index in [2.05, 4.69) is 5.32 Å². The van der Waals surface area contributed by atoms with E-state index in [1.54, 1.807) is 11.3 Å². The van der Waals surface area contributed by atoms with Gasteiger partial charge in [0.1, 0.15) is 5.69 Å². The van der Waals surface area contributed by atoms with Gasteiger partial charge >= 0.3 is 0 Å². The summed E-state index contributed by atoms with van der Waals surface area (Å²) in [4.78, 5) is 22.8. The van der Waals surface area contributed by atoms with Crippen LogP contribution in [0.5, 0.6) is 0 Å². The SMILES string of the molecule is NC(=O)c1ccc([N+](=O)[O-])c(NCCc2cccs2)c1. The summed E-state index contributed by atoms with van der Waals surface area (Å²) in [5.74, 6) is -0.610. The van der Waals surface area contributed by atoms with E-state index >= 15 is 0 Å². The molecule has 0 unspecified atom stereocenters. The Labute approximate surface area is 119 Å². The van der Waals surface area contributed by atoms with Crippen LogP contribution < -0.4 is 11.1 Å². The smallest absolute Gasteiger partial charge is 0.292 e. The van der Waals surface area contributed by atoms with Gasteiger partial charge in [0.05, 0.1) is 4.92 Å². The molecular formula is C13H13N3O3S. The molecule has 1 amide bonds. The lowest BCUT2D eigenvalue weighted by molar-refractivity contribution is -0.384. The lowest BCUT2D eigenvalue weighted by atomic mass is 10.1. The Morgan fingerprint density at radius 3 is 2.80 bits per heavy atom. The van der Waals surface area contributed by atoms with E-state index in [9.17, 15) is 14.9 Å². The second kappa shape index (κ2) is 6.16. The molecule has 0 aliphatic rings. The first-order valence-corrected chi connectivity index (χ1v) is 6.80. The number of rotatable bonds is 6. The molecule has 0 spiro atoms. The molecule has 104 valence electrons. The van der Waals surface area contributed by atoms with E-state index in [-0.39, 0.29) is 11.3 Å². The summed E-state index contributed by atoms with van der Waals surface area (Å²) in [6.07, 6.45) is 0.760. The van der Waals surface area contributed by atoms with Gasteiger partial charge in [0.25, 0.3) is 5.69 Å². The lowest BCUT2D eigenvalue weighted by Gasteiger charge is -2.07. The van der Waals surface area contributed by atoms with Gasteiger partial charge in [-0.2, -0.15) is 0 Å². The minimum atomic E-state index is -0.610. The van der Waals surface area contributed by atoms with Gasteiger partial charge in [-0.05, 0) is 30.0 Å². The minimum Gasteiger partial charge on any atom is -0.379 e. The van der Waals surface area contributed by atoms with Crippen LogP contribution in [0.15, 0.2) is 35.7 Å². The second-order valence-electron chi connectivity index (χ2n) is 4.11. The molecule has 0 saturated carbocycles. The molecule has 2 aromatic rings. The number of anilines is 1. The molecule has 0 bridgehead atoms. The number of nitrogens with two attached hydrogens (primary N) is 1. The van der Waals surface area contributed by atoms with Crippen molar-refractivity contribution in [2.75, 3.05) is 11.9 Å². The average Bonchev–Trinajstić information content (AvgIpc) is 2.91. The van der Waals surface area contributed by atoms with E-state index < -0.39 is 10.8 Å². The third-order valence-electron chi connectivity index (χ3n) is 2.74. The van der Waals surface area contributed by atoms with Crippen molar-refractivity contribution >= 4 is 28.6 Å². The molecular weight excluding hydrogens is 278 g/mol. The van der Waals surface area contributed by atoms with Crippen molar-refractivity contribution in [3.8, 4) is 0 Å². The van der Waals surface area contributed by atoms with Crippen LogP contribution in [0.4, 0.5) is 11.4 Å².